The normalized spacial score (nSPS) is 14.0. The number of imidazole rings is 3. The number of aryl methyl sites for hydroxylation is 3. The Morgan fingerprint density at radius 2 is 0.804 bits per heavy atom. The second-order valence-corrected chi connectivity index (χ2v) is 25.6. The summed E-state index contributed by atoms with van der Waals surface area (Å²) in [4.78, 5) is 83.5. The molecule has 3 N–H and O–H groups in total. The number of likely N-dealkylation sites (tertiary alicyclic amines) is 2. The molecule has 3 saturated heterocycles. The van der Waals surface area contributed by atoms with Gasteiger partial charge in [0.25, 0.3) is 17.7 Å². The average Bonchev–Trinajstić information content (AvgIpc) is 1.39. The maximum atomic E-state index is 13.8. The molecule has 0 aliphatic carbocycles. The van der Waals surface area contributed by atoms with E-state index in [9.17, 15) is 32.3 Å². The molecule has 0 saturated carbocycles. The van der Waals surface area contributed by atoms with Gasteiger partial charge in [-0.05, 0) is 167 Å². The molecule has 23 heteroatoms. The first kappa shape index (κ1) is 69.2. The van der Waals surface area contributed by atoms with E-state index in [1.165, 1.54) is 31.0 Å². The summed E-state index contributed by atoms with van der Waals surface area (Å²) in [6, 6.07) is 38.2. The van der Waals surface area contributed by atoms with Gasteiger partial charge in [-0.15, -0.1) is 0 Å². The van der Waals surface area contributed by atoms with E-state index >= 15 is 0 Å². The first-order valence-corrected chi connectivity index (χ1v) is 34.4. The van der Waals surface area contributed by atoms with E-state index in [1.807, 2.05) is 101 Å². The number of carbonyl (C=O) groups excluding carboxylic acids is 4. The largest absolute Gasteiger partial charge is 0.379 e. The lowest BCUT2D eigenvalue weighted by atomic mass is 9.99. The Hall–Kier alpha value is -11.3. The number of nitrogens with zero attached hydrogens (tertiary/aromatic N) is 12. The minimum atomic E-state index is -0.268. The van der Waals surface area contributed by atoms with Crippen LogP contribution in [0.4, 0.5) is 13.2 Å². The Kier molecular flexibility index (Phi) is 21.7. The Morgan fingerprint density at radius 3 is 1.18 bits per heavy atom. The number of aromatic nitrogens is 9. The van der Waals surface area contributed by atoms with Crippen LogP contribution in [0.25, 0.3) is 83.7 Å². The van der Waals surface area contributed by atoms with Crippen molar-refractivity contribution in [3.63, 3.8) is 0 Å². The van der Waals surface area contributed by atoms with Crippen LogP contribution in [-0.4, -0.2) is 167 Å². The van der Waals surface area contributed by atoms with Gasteiger partial charge in [0.05, 0.1) is 65.4 Å². The molecule has 3 aliphatic rings. The molecule has 15 rings (SSSR count). The predicted molar refractivity (Wildman–Crippen MR) is 386 cm³/mol. The number of amides is 4. The molecule has 102 heavy (non-hydrogen) atoms. The summed E-state index contributed by atoms with van der Waals surface area (Å²) in [5.74, 6) is -0.238. The van der Waals surface area contributed by atoms with Crippen molar-refractivity contribution in [3.05, 3.63) is 235 Å². The Morgan fingerprint density at radius 1 is 0.431 bits per heavy atom. The van der Waals surface area contributed by atoms with Crippen LogP contribution < -0.4 is 16.0 Å². The van der Waals surface area contributed by atoms with Gasteiger partial charge in [-0.3, -0.25) is 52.2 Å². The van der Waals surface area contributed by atoms with Gasteiger partial charge < -0.3 is 30.5 Å². The summed E-state index contributed by atoms with van der Waals surface area (Å²) in [7, 11) is 0. The summed E-state index contributed by atoms with van der Waals surface area (Å²) in [6.07, 6.45) is 20.6. The summed E-state index contributed by atoms with van der Waals surface area (Å²) in [5, 5.41) is 8.90. The summed E-state index contributed by atoms with van der Waals surface area (Å²) >= 11 is 0. The van der Waals surface area contributed by atoms with Crippen LogP contribution in [0.5, 0.6) is 0 Å². The predicted octanol–water partition coefficient (Wildman–Crippen LogP) is 12.2. The van der Waals surface area contributed by atoms with Crippen molar-refractivity contribution in [3.8, 4) is 67.2 Å². The number of rotatable bonds is 19. The second kappa shape index (κ2) is 31.9. The molecular formula is C79H78F3N15O5. The zero-order chi connectivity index (χ0) is 70.6. The van der Waals surface area contributed by atoms with E-state index in [0.29, 0.717) is 73.2 Å². The van der Waals surface area contributed by atoms with Crippen molar-refractivity contribution < 1.29 is 37.1 Å². The molecule has 0 atom stereocenters. The van der Waals surface area contributed by atoms with E-state index in [2.05, 4.69) is 55.7 Å². The van der Waals surface area contributed by atoms with Crippen LogP contribution in [-0.2, 0) is 9.53 Å². The highest BCUT2D eigenvalue weighted by Crippen LogP contribution is 2.35. The van der Waals surface area contributed by atoms with Crippen molar-refractivity contribution in [2.75, 3.05) is 85.2 Å². The molecule has 0 bridgehead atoms. The maximum absolute atomic E-state index is 13.8. The Labute approximate surface area is 588 Å². The smallest absolute Gasteiger partial charge is 0.287 e. The number of carbonyl (C=O) groups is 4. The topological polar surface area (TPSA) is 214 Å². The van der Waals surface area contributed by atoms with E-state index in [1.54, 1.807) is 103 Å². The standard InChI is InChI=1S/C27H26FN5O2.C26H26FN5O2.C26H26FN5O/c1-18-15-19(8-10-23(18)28)25-22(5-2-11-29-25)20-7-9-21-16-31-26(33(21)17-20)27(35)30-12-4-14-32-13-3-6-24(32)34;1-18-15-19(5-7-23(18)27)24-22(3-2-8-28-24)20-4-6-21-16-30-25(32(21)17-20)26(33)29-9-10-31-11-13-34-14-12-31;1-18-15-19(7-9-23(18)27)24-22(5-4-10-28-24)20-6-8-21-16-30-25(32(21)17-20)26(33)29-11-14-31-12-2-3-13-31/h2,5,7-11,15-17H,3-4,6,12-14H2,1H3,(H,30,35);2-8,15-17H,9-14H2,1H3,(H,29,33);4-10,15-17H,2-3,11-14H2,1H3,(H,29,33). The molecule has 3 aliphatic heterocycles. The van der Waals surface area contributed by atoms with Crippen LogP contribution >= 0.6 is 0 Å². The third-order valence-electron chi connectivity index (χ3n) is 18.6. The van der Waals surface area contributed by atoms with Gasteiger partial charge in [0.15, 0.2) is 0 Å². The molecule has 3 fully saturated rings. The van der Waals surface area contributed by atoms with Crippen molar-refractivity contribution in [2.24, 2.45) is 0 Å². The van der Waals surface area contributed by atoms with Crippen molar-refractivity contribution in [1.29, 1.82) is 0 Å². The molecule has 20 nitrogen and oxygen atoms in total. The fourth-order valence-electron chi connectivity index (χ4n) is 13.1. The van der Waals surface area contributed by atoms with Crippen LogP contribution in [0.2, 0.25) is 0 Å². The number of hydrogen-bond donors (Lipinski definition) is 3. The third-order valence-corrected chi connectivity index (χ3v) is 18.6. The quantitative estimate of drug-likeness (QED) is 0.0644. The van der Waals surface area contributed by atoms with Gasteiger partial charge in [-0.25, -0.2) is 28.1 Å². The van der Waals surface area contributed by atoms with E-state index in [0.717, 1.165) is 149 Å². The third kappa shape index (κ3) is 16.0. The molecule has 9 aromatic heterocycles. The number of ether oxygens (including phenoxy) is 1. The highest BCUT2D eigenvalue weighted by Gasteiger charge is 2.23. The molecule has 4 amide bonds. The summed E-state index contributed by atoms with van der Waals surface area (Å²) in [5.41, 5.74) is 14.2. The van der Waals surface area contributed by atoms with Gasteiger partial charge >= 0.3 is 0 Å². The Bertz CT molecular complexity index is 5040. The molecule has 0 radical (unpaired) electrons. The van der Waals surface area contributed by atoms with Crippen LogP contribution in [0, 0.1) is 38.2 Å². The zero-order valence-electron chi connectivity index (χ0n) is 57.1. The SMILES string of the molecule is Cc1cc(-c2ncccc2-c2ccc3cnc(C(=O)NCCCN4CCCC4=O)n3c2)ccc1F.Cc1cc(-c2ncccc2-c2ccc3cnc(C(=O)NCCN4CCCC4)n3c2)ccc1F.Cc1cc(-c2ncccc2-c2ccc3cnc(C(=O)NCCN4CCOCC4)n3c2)ccc1F. The van der Waals surface area contributed by atoms with Crippen LogP contribution in [0.3, 0.4) is 0 Å². The minimum Gasteiger partial charge on any atom is -0.379 e. The number of hydrogen-bond acceptors (Lipinski definition) is 13. The monoisotopic (exact) mass is 1370 g/mol. The lowest BCUT2D eigenvalue weighted by Gasteiger charge is -2.26. The molecule has 0 spiro atoms. The van der Waals surface area contributed by atoms with Gasteiger partial charge in [0.2, 0.25) is 23.4 Å². The van der Waals surface area contributed by atoms with Crippen molar-refractivity contribution >= 4 is 40.2 Å². The lowest BCUT2D eigenvalue weighted by Crippen LogP contribution is -2.41. The molecular weight excluding hydrogens is 1300 g/mol. The summed E-state index contributed by atoms with van der Waals surface area (Å²) in [6.45, 7) is 15.3. The average molecular weight is 1370 g/mol. The lowest BCUT2D eigenvalue weighted by molar-refractivity contribution is -0.127. The molecule has 0 unspecified atom stereocenters. The van der Waals surface area contributed by atoms with Gasteiger partial charge in [-0.1, -0.05) is 36.4 Å². The second-order valence-electron chi connectivity index (χ2n) is 25.6. The summed E-state index contributed by atoms with van der Waals surface area (Å²) < 4.78 is 52.2. The van der Waals surface area contributed by atoms with Crippen LogP contribution in [0.15, 0.2) is 183 Å². The highest BCUT2D eigenvalue weighted by atomic mass is 19.1. The maximum Gasteiger partial charge on any atom is 0.287 e. The Balaban J connectivity index is 0.000000137. The fourth-order valence-corrected chi connectivity index (χ4v) is 13.1. The van der Waals surface area contributed by atoms with E-state index in [4.69, 9.17) is 4.74 Å². The highest BCUT2D eigenvalue weighted by molar-refractivity contribution is 5.94. The molecule has 12 heterocycles. The number of fused-ring (bicyclic) bond motifs is 3. The van der Waals surface area contributed by atoms with Crippen LogP contribution in [0.1, 0.15) is 80.7 Å². The fraction of sp³-hybridized carbons (Fsp3) is 0.266. The molecule has 520 valence electrons. The number of nitrogens with one attached hydrogen (secondary N) is 3. The number of benzene rings is 3. The zero-order valence-corrected chi connectivity index (χ0v) is 57.1. The number of pyridine rings is 6. The van der Waals surface area contributed by atoms with E-state index < -0.39 is 0 Å². The number of halogens is 3. The first-order chi connectivity index (χ1) is 49.7. The van der Waals surface area contributed by atoms with Crippen molar-refractivity contribution in [2.45, 2.75) is 52.9 Å². The van der Waals surface area contributed by atoms with E-state index in [-0.39, 0.29) is 41.1 Å². The van der Waals surface area contributed by atoms with Gasteiger partial charge in [0.1, 0.15) is 17.5 Å². The van der Waals surface area contributed by atoms with Gasteiger partial charge in [0, 0.05) is 153 Å². The number of morpholine rings is 1. The minimum absolute atomic E-state index is 0.188. The molecule has 3 aromatic carbocycles. The molecule has 12 aromatic rings. The first-order valence-electron chi connectivity index (χ1n) is 34.4. The van der Waals surface area contributed by atoms with Gasteiger partial charge in [-0.2, -0.15) is 0 Å². The van der Waals surface area contributed by atoms with Crippen molar-refractivity contribution in [1.82, 2.24) is 73.8 Å².